The topological polar surface area (TPSA) is 15.3 Å². The lowest BCUT2D eigenvalue weighted by molar-refractivity contribution is 0.146. The van der Waals surface area contributed by atoms with Gasteiger partial charge in [-0.15, -0.1) is 0 Å². The van der Waals surface area contributed by atoms with Gasteiger partial charge >= 0.3 is 0 Å². The third kappa shape index (κ3) is 4.24. The van der Waals surface area contributed by atoms with Crippen molar-refractivity contribution in [3.05, 3.63) is 0 Å². The minimum absolute atomic E-state index is 0.740. The summed E-state index contributed by atoms with van der Waals surface area (Å²) in [6.45, 7) is 3.67. The van der Waals surface area contributed by atoms with E-state index in [1.54, 1.807) is 0 Å². The number of hydrogen-bond donors (Lipinski definition) is 1. The molecule has 1 saturated heterocycles. The van der Waals surface area contributed by atoms with E-state index < -0.39 is 0 Å². The van der Waals surface area contributed by atoms with E-state index in [4.69, 9.17) is 0 Å². The molecule has 1 aliphatic carbocycles. The first-order valence-corrected chi connectivity index (χ1v) is 8.22. The highest BCUT2D eigenvalue weighted by Crippen LogP contribution is 2.24. The van der Waals surface area contributed by atoms with Crippen molar-refractivity contribution in [2.45, 2.75) is 89.3 Å². The van der Waals surface area contributed by atoms with E-state index in [0.717, 1.165) is 18.1 Å². The van der Waals surface area contributed by atoms with Crippen LogP contribution in [0.15, 0.2) is 0 Å². The van der Waals surface area contributed by atoms with Gasteiger partial charge in [0.05, 0.1) is 0 Å². The van der Waals surface area contributed by atoms with Crippen molar-refractivity contribution in [3.63, 3.8) is 0 Å². The predicted octanol–water partition coefficient (Wildman–Crippen LogP) is 3.56. The third-order valence-corrected chi connectivity index (χ3v) is 5.13. The maximum atomic E-state index is 3.69. The van der Waals surface area contributed by atoms with Gasteiger partial charge in [-0.05, 0) is 52.6 Å². The molecule has 2 heteroatoms. The molecule has 0 radical (unpaired) electrons. The molecule has 2 rings (SSSR count). The van der Waals surface area contributed by atoms with Crippen molar-refractivity contribution in [2.75, 3.05) is 13.6 Å². The largest absolute Gasteiger partial charge is 0.314 e. The van der Waals surface area contributed by atoms with Crippen LogP contribution in [-0.4, -0.2) is 36.6 Å². The van der Waals surface area contributed by atoms with Crippen molar-refractivity contribution < 1.29 is 0 Å². The molecular weight excluding hydrogens is 220 g/mol. The van der Waals surface area contributed by atoms with Crippen LogP contribution < -0.4 is 5.32 Å². The lowest BCUT2D eigenvalue weighted by atomic mass is 9.96. The molecule has 2 atom stereocenters. The average Bonchev–Trinajstić information content (AvgIpc) is 2.68. The first-order valence-electron chi connectivity index (χ1n) is 8.22. The van der Waals surface area contributed by atoms with E-state index in [2.05, 4.69) is 24.2 Å². The summed E-state index contributed by atoms with van der Waals surface area (Å²) in [7, 11) is 2.36. The van der Waals surface area contributed by atoms with Crippen LogP contribution in [0, 0.1) is 0 Å². The van der Waals surface area contributed by atoms with Gasteiger partial charge in [0.2, 0.25) is 0 Å². The first kappa shape index (κ1) is 14.3. The van der Waals surface area contributed by atoms with Gasteiger partial charge in [0, 0.05) is 18.1 Å². The van der Waals surface area contributed by atoms with E-state index in [-0.39, 0.29) is 0 Å². The smallest absolute Gasteiger partial charge is 0.00950 e. The van der Waals surface area contributed by atoms with Gasteiger partial charge in [-0.3, -0.25) is 0 Å². The standard InChI is InChI=1S/C16H32N2/c1-14(13-15-9-7-8-12-17-15)18(2)16-10-5-3-4-6-11-16/h14-17H,3-13H2,1-2H3. The second-order valence-electron chi connectivity index (χ2n) is 6.54. The van der Waals surface area contributed by atoms with Gasteiger partial charge in [-0.1, -0.05) is 32.1 Å². The van der Waals surface area contributed by atoms with Crippen LogP contribution in [0.2, 0.25) is 0 Å². The Labute approximate surface area is 114 Å². The highest BCUT2D eigenvalue weighted by atomic mass is 15.2. The lowest BCUT2D eigenvalue weighted by Gasteiger charge is -2.35. The fourth-order valence-corrected chi connectivity index (χ4v) is 3.73. The zero-order valence-electron chi connectivity index (χ0n) is 12.5. The Morgan fingerprint density at radius 2 is 1.67 bits per heavy atom. The molecular formula is C16H32N2. The zero-order valence-corrected chi connectivity index (χ0v) is 12.5. The van der Waals surface area contributed by atoms with Gasteiger partial charge in [-0.2, -0.15) is 0 Å². The highest BCUT2D eigenvalue weighted by Gasteiger charge is 2.23. The quantitative estimate of drug-likeness (QED) is 0.770. The SMILES string of the molecule is CC(CC1CCCCN1)N(C)C1CCCCCC1. The molecule has 0 aromatic carbocycles. The summed E-state index contributed by atoms with van der Waals surface area (Å²) in [5.74, 6) is 0. The van der Waals surface area contributed by atoms with Crippen molar-refractivity contribution in [3.8, 4) is 0 Å². The summed E-state index contributed by atoms with van der Waals surface area (Å²) in [4.78, 5) is 2.68. The molecule has 1 N–H and O–H groups in total. The van der Waals surface area contributed by atoms with Crippen molar-refractivity contribution >= 4 is 0 Å². The number of hydrogen-bond acceptors (Lipinski definition) is 2. The number of nitrogens with zero attached hydrogens (tertiary/aromatic N) is 1. The van der Waals surface area contributed by atoms with Crippen LogP contribution in [0.5, 0.6) is 0 Å². The Kier molecular flexibility index (Phi) is 5.97. The summed E-state index contributed by atoms with van der Waals surface area (Å²) in [6.07, 6.45) is 14.2. The Bertz CT molecular complexity index is 215. The third-order valence-electron chi connectivity index (χ3n) is 5.13. The molecule has 1 saturated carbocycles. The molecule has 0 spiro atoms. The summed E-state index contributed by atoms with van der Waals surface area (Å²) < 4.78 is 0. The Morgan fingerprint density at radius 3 is 2.28 bits per heavy atom. The zero-order chi connectivity index (χ0) is 12.8. The molecule has 2 nitrogen and oxygen atoms in total. The van der Waals surface area contributed by atoms with Crippen LogP contribution in [0.25, 0.3) is 0 Å². The van der Waals surface area contributed by atoms with Crippen molar-refractivity contribution in [2.24, 2.45) is 0 Å². The Balaban J connectivity index is 1.77. The van der Waals surface area contributed by atoms with Gasteiger partial charge in [-0.25, -0.2) is 0 Å². The first-order chi connectivity index (χ1) is 8.77. The summed E-state index contributed by atoms with van der Waals surface area (Å²) >= 11 is 0. The Hall–Kier alpha value is -0.0800. The second-order valence-corrected chi connectivity index (χ2v) is 6.54. The van der Waals surface area contributed by atoms with E-state index in [0.29, 0.717) is 0 Å². The molecule has 1 heterocycles. The normalized spacial score (nSPS) is 29.2. The van der Waals surface area contributed by atoms with Crippen LogP contribution in [-0.2, 0) is 0 Å². The minimum Gasteiger partial charge on any atom is -0.314 e. The van der Waals surface area contributed by atoms with E-state index in [9.17, 15) is 0 Å². The van der Waals surface area contributed by atoms with Gasteiger partial charge in [0.25, 0.3) is 0 Å². The van der Waals surface area contributed by atoms with Crippen molar-refractivity contribution in [1.82, 2.24) is 10.2 Å². The van der Waals surface area contributed by atoms with E-state index in [1.165, 1.54) is 70.8 Å². The molecule has 0 amide bonds. The van der Waals surface area contributed by atoms with Crippen LogP contribution in [0.3, 0.4) is 0 Å². The van der Waals surface area contributed by atoms with Crippen LogP contribution in [0.4, 0.5) is 0 Å². The van der Waals surface area contributed by atoms with Crippen LogP contribution in [0.1, 0.15) is 71.1 Å². The summed E-state index contributed by atoms with van der Waals surface area (Å²) in [5.41, 5.74) is 0. The van der Waals surface area contributed by atoms with E-state index >= 15 is 0 Å². The molecule has 0 bridgehead atoms. The van der Waals surface area contributed by atoms with Gasteiger partial charge in [0.1, 0.15) is 0 Å². The molecule has 2 aliphatic rings. The van der Waals surface area contributed by atoms with Crippen LogP contribution >= 0.6 is 0 Å². The second kappa shape index (κ2) is 7.49. The average molecular weight is 252 g/mol. The maximum Gasteiger partial charge on any atom is 0.00950 e. The van der Waals surface area contributed by atoms with Gasteiger partial charge < -0.3 is 10.2 Å². The van der Waals surface area contributed by atoms with Crippen molar-refractivity contribution in [1.29, 1.82) is 0 Å². The molecule has 2 unspecified atom stereocenters. The number of nitrogens with one attached hydrogen (secondary N) is 1. The predicted molar refractivity (Wildman–Crippen MR) is 79.0 cm³/mol. The molecule has 2 fully saturated rings. The molecule has 0 aromatic heterocycles. The number of piperidine rings is 1. The Morgan fingerprint density at radius 1 is 1.00 bits per heavy atom. The number of rotatable bonds is 4. The lowest BCUT2D eigenvalue weighted by Crippen LogP contribution is -2.44. The van der Waals surface area contributed by atoms with E-state index in [1.807, 2.05) is 0 Å². The molecule has 18 heavy (non-hydrogen) atoms. The molecule has 0 aromatic rings. The maximum absolute atomic E-state index is 3.69. The summed E-state index contributed by atoms with van der Waals surface area (Å²) in [6, 6.07) is 2.37. The highest BCUT2D eigenvalue weighted by molar-refractivity contribution is 4.81. The molecule has 106 valence electrons. The minimum atomic E-state index is 0.740. The fraction of sp³-hybridized carbons (Fsp3) is 1.00. The van der Waals surface area contributed by atoms with Gasteiger partial charge in [0.15, 0.2) is 0 Å². The summed E-state index contributed by atoms with van der Waals surface area (Å²) in [5, 5.41) is 3.69. The monoisotopic (exact) mass is 252 g/mol. The fourth-order valence-electron chi connectivity index (χ4n) is 3.73. The molecule has 1 aliphatic heterocycles.